The summed E-state index contributed by atoms with van der Waals surface area (Å²) in [6, 6.07) is 3.39. The van der Waals surface area contributed by atoms with E-state index in [-0.39, 0.29) is 20.6 Å². The molecule has 2 rings (SSSR count). The van der Waals surface area contributed by atoms with Crippen LogP contribution in [-0.4, -0.2) is 34.9 Å². The van der Waals surface area contributed by atoms with Gasteiger partial charge in [0, 0.05) is 0 Å². The Kier molecular flexibility index (Phi) is 2.18. The number of rotatable bonds is 2. The number of fused-ring (bicyclic) bond motifs is 1. The number of nitro groups is 1. The second-order valence-electron chi connectivity index (χ2n) is 2.60. The van der Waals surface area contributed by atoms with E-state index in [9.17, 15) is 10.1 Å². The van der Waals surface area contributed by atoms with Crippen LogP contribution in [0.1, 0.15) is 0 Å². The molecule has 2 aromatic rings. The summed E-state index contributed by atoms with van der Waals surface area (Å²) in [5.74, 6) is 0. The van der Waals surface area contributed by atoms with Crippen molar-refractivity contribution in [3.63, 3.8) is 0 Å². The van der Waals surface area contributed by atoms with Crippen molar-refractivity contribution in [3.05, 3.63) is 22.2 Å². The molecule has 0 aliphatic heterocycles. The van der Waals surface area contributed by atoms with E-state index in [4.69, 9.17) is 0 Å². The normalized spacial score (nSPS) is 10.4. The van der Waals surface area contributed by atoms with Crippen LogP contribution in [0.15, 0.2) is 12.1 Å². The van der Waals surface area contributed by atoms with Gasteiger partial charge < -0.3 is 0 Å². The molecule has 1 N–H and O–H groups in total. The van der Waals surface area contributed by atoms with Crippen LogP contribution in [0.25, 0.3) is 11.0 Å². The third-order valence-electron chi connectivity index (χ3n) is 1.85. The van der Waals surface area contributed by atoms with Crippen LogP contribution in [0.5, 0.6) is 0 Å². The molecule has 0 bridgehead atoms. The van der Waals surface area contributed by atoms with Crippen LogP contribution in [-0.2, 0) is 0 Å². The predicted octanol–water partition coefficient (Wildman–Crippen LogP) is 0.637. The summed E-state index contributed by atoms with van der Waals surface area (Å²) >= 11 is -0.237. The van der Waals surface area contributed by atoms with E-state index in [1.807, 2.05) is 0 Å². The van der Waals surface area contributed by atoms with Gasteiger partial charge in [-0.2, -0.15) is 0 Å². The first-order valence-corrected chi connectivity index (χ1v) is 5.34. The Morgan fingerprint density at radius 3 is 2.93 bits per heavy atom. The summed E-state index contributed by atoms with van der Waals surface area (Å²) < 4.78 is 8.12. The SMILES string of the molecule is CNc1ccc2n[se]nc2c1[N+](=O)[O-]. The van der Waals surface area contributed by atoms with E-state index < -0.39 is 4.92 Å². The maximum atomic E-state index is 10.8. The Labute approximate surface area is 85.3 Å². The molecule has 0 atom stereocenters. The fourth-order valence-electron chi connectivity index (χ4n) is 1.22. The summed E-state index contributed by atoms with van der Waals surface area (Å²) in [5.41, 5.74) is 1.52. The number of hydrogen-bond acceptors (Lipinski definition) is 5. The van der Waals surface area contributed by atoms with Crippen molar-refractivity contribution in [3.8, 4) is 0 Å². The molecule has 7 heteroatoms. The van der Waals surface area contributed by atoms with Crippen molar-refractivity contribution in [1.29, 1.82) is 0 Å². The Morgan fingerprint density at radius 1 is 1.50 bits per heavy atom. The summed E-state index contributed by atoms with van der Waals surface area (Å²) in [6.45, 7) is 0. The zero-order chi connectivity index (χ0) is 10.1. The van der Waals surface area contributed by atoms with Gasteiger partial charge in [0.25, 0.3) is 0 Å². The average molecular weight is 257 g/mol. The molecule has 0 aliphatic rings. The minimum absolute atomic E-state index is 0.0214. The number of aromatic nitrogens is 2. The van der Waals surface area contributed by atoms with Gasteiger partial charge in [0.05, 0.1) is 0 Å². The zero-order valence-electron chi connectivity index (χ0n) is 7.22. The van der Waals surface area contributed by atoms with Gasteiger partial charge in [-0.3, -0.25) is 0 Å². The van der Waals surface area contributed by atoms with Crippen molar-refractivity contribution in [2.24, 2.45) is 0 Å². The molecule has 0 saturated heterocycles. The molecule has 0 amide bonds. The van der Waals surface area contributed by atoms with Gasteiger partial charge in [-0.15, -0.1) is 0 Å². The van der Waals surface area contributed by atoms with Gasteiger partial charge in [-0.25, -0.2) is 0 Å². The molecule has 0 aliphatic carbocycles. The van der Waals surface area contributed by atoms with E-state index >= 15 is 0 Å². The molecule has 1 aromatic heterocycles. The average Bonchev–Trinajstić information content (AvgIpc) is 2.62. The Hall–Kier alpha value is -1.46. The van der Waals surface area contributed by atoms with Gasteiger partial charge >= 0.3 is 84.9 Å². The fourth-order valence-corrected chi connectivity index (χ4v) is 2.35. The number of nitrogens with one attached hydrogen (secondary N) is 1. The Balaban J connectivity index is 2.82. The van der Waals surface area contributed by atoms with Gasteiger partial charge in [-0.05, 0) is 0 Å². The molecular weight excluding hydrogens is 251 g/mol. The predicted molar refractivity (Wildman–Crippen MR) is 52.7 cm³/mol. The standard InChI is InChI=1S/C7H6N4O2Se/c1-8-5-3-2-4-6(10-14-9-4)7(5)11(12)13/h2-3,8H,1H3. The summed E-state index contributed by atoms with van der Waals surface area (Å²) in [4.78, 5) is 10.4. The molecule has 1 aromatic carbocycles. The van der Waals surface area contributed by atoms with Crippen molar-refractivity contribution in [1.82, 2.24) is 7.96 Å². The Morgan fingerprint density at radius 2 is 2.29 bits per heavy atom. The van der Waals surface area contributed by atoms with Crippen molar-refractivity contribution in [2.75, 3.05) is 12.4 Å². The van der Waals surface area contributed by atoms with E-state index in [1.54, 1.807) is 19.2 Å². The van der Waals surface area contributed by atoms with Crippen LogP contribution in [0.2, 0.25) is 0 Å². The van der Waals surface area contributed by atoms with E-state index in [2.05, 4.69) is 13.3 Å². The van der Waals surface area contributed by atoms with Gasteiger partial charge in [0.2, 0.25) is 0 Å². The van der Waals surface area contributed by atoms with E-state index in [0.717, 1.165) is 0 Å². The number of nitro benzene ring substituents is 1. The minimum atomic E-state index is -0.426. The molecule has 1 heterocycles. The molecular formula is C7H6N4O2Se. The first-order valence-electron chi connectivity index (χ1n) is 3.81. The van der Waals surface area contributed by atoms with Gasteiger partial charge in [0.15, 0.2) is 0 Å². The van der Waals surface area contributed by atoms with Crippen molar-refractivity contribution >= 4 is 37.4 Å². The maximum absolute atomic E-state index is 10.8. The molecule has 0 unspecified atom stereocenters. The molecule has 6 nitrogen and oxygen atoms in total. The first kappa shape index (κ1) is 9.11. The van der Waals surface area contributed by atoms with Crippen molar-refractivity contribution in [2.45, 2.75) is 0 Å². The van der Waals surface area contributed by atoms with Crippen LogP contribution in [0.4, 0.5) is 11.4 Å². The molecule has 14 heavy (non-hydrogen) atoms. The second kappa shape index (κ2) is 3.36. The van der Waals surface area contributed by atoms with Crippen molar-refractivity contribution < 1.29 is 4.92 Å². The third-order valence-corrected chi connectivity index (χ3v) is 2.99. The van der Waals surface area contributed by atoms with Crippen LogP contribution in [0.3, 0.4) is 0 Å². The number of nitrogens with zero attached hydrogens (tertiary/aromatic N) is 3. The van der Waals surface area contributed by atoms with E-state index in [1.165, 1.54) is 0 Å². The monoisotopic (exact) mass is 258 g/mol. The second-order valence-corrected chi connectivity index (χ2v) is 3.71. The van der Waals surface area contributed by atoms with Gasteiger partial charge in [0.1, 0.15) is 0 Å². The molecule has 72 valence electrons. The van der Waals surface area contributed by atoms with Crippen LogP contribution >= 0.6 is 0 Å². The molecule has 0 radical (unpaired) electrons. The first-order chi connectivity index (χ1) is 6.74. The number of anilines is 1. The number of benzene rings is 1. The van der Waals surface area contributed by atoms with E-state index in [0.29, 0.717) is 16.7 Å². The molecule has 0 spiro atoms. The summed E-state index contributed by atoms with van der Waals surface area (Å²) in [6.07, 6.45) is 0. The molecule has 0 saturated carbocycles. The topological polar surface area (TPSA) is 81.0 Å². The number of hydrogen-bond donors (Lipinski definition) is 1. The summed E-state index contributed by atoms with van der Waals surface area (Å²) in [5, 5.41) is 13.6. The summed E-state index contributed by atoms with van der Waals surface area (Å²) in [7, 11) is 1.64. The molecule has 0 fully saturated rings. The quantitative estimate of drug-likeness (QED) is 0.485. The Bertz CT molecular complexity index is 495. The van der Waals surface area contributed by atoms with Crippen LogP contribution < -0.4 is 5.32 Å². The van der Waals surface area contributed by atoms with Gasteiger partial charge in [-0.1, -0.05) is 0 Å². The zero-order valence-corrected chi connectivity index (χ0v) is 8.93. The fraction of sp³-hybridized carbons (Fsp3) is 0.143. The third kappa shape index (κ3) is 1.26. The van der Waals surface area contributed by atoms with Crippen LogP contribution in [0, 0.1) is 10.1 Å².